The zero-order valence-corrected chi connectivity index (χ0v) is 16.5. The summed E-state index contributed by atoms with van der Waals surface area (Å²) in [6.07, 6.45) is 4.20. The third-order valence-electron chi connectivity index (χ3n) is 4.53. The van der Waals surface area contributed by atoms with E-state index in [9.17, 15) is 9.59 Å². The molecule has 1 N–H and O–H groups in total. The van der Waals surface area contributed by atoms with Gasteiger partial charge in [0.15, 0.2) is 0 Å². The van der Waals surface area contributed by atoms with Crippen molar-refractivity contribution < 1.29 is 14.3 Å². The molecule has 3 rings (SSSR count). The second-order valence-corrected chi connectivity index (χ2v) is 6.06. The first-order valence-electron chi connectivity index (χ1n) is 8.76. The smallest absolute Gasteiger partial charge is 0.326 e. The van der Waals surface area contributed by atoms with E-state index in [2.05, 4.69) is 20.2 Å². The Hall–Kier alpha value is -2.84. The van der Waals surface area contributed by atoms with Gasteiger partial charge in [-0.3, -0.25) is 19.6 Å². The molecule has 0 unspecified atom stereocenters. The summed E-state index contributed by atoms with van der Waals surface area (Å²) in [7, 11) is 1.37. The Kier molecular flexibility index (Phi) is 8.03. The number of ether oxygens (including phenoxy) is 1. The number of carbonyl (C=O) groups is 2. The highest BCUT2D eigenvalue weighted by molar-refractivity contribution is 5.85. The van der Waals surface area contributed by atoms with E-state index in [-0.39, 0.29) is 24.9 Å². The Balaban J connectivity index is 0.00000280. The summed E-state index contributed by atoms with van der Waals surface area (Å²) >= 11 is 0. The van der Waals surface area contributed by atoms with Gasteiger partial charge in [-0.05, 0) is 24.3 Å². The first-order chi connectivity index (χ1) is 13.2. The number of benzene rings is 1. The zero-order chi connectivity index (χ0) is 19.1. The lowest BCUT2D eigenvalue weighted by atomic mass is 10.2. The number of hydrogen-bond donors (Lipinski definition) is 1. The fourth-order valence-electron chi connectivity index (χ4n) is 3.16. The summed E-state index contributed by atoms with van der Waals surface area (Å²) < 4.78 is 4.87. The van der Waals surface area contributed by atoms with Gasteiger partial charge in [-0.1, -0.05) is 12.1 Å². The average Bonchev–Trinajstić information content (AvgIpc) is 2.73. The van der Waals surface area contributed by atoms with Gasteiger partial charge in [-0.15, -0.1) is 12.4 Å². The maximum absolute atomic E-state index is 12.0. The van der Waals surface area contributed by atoms with Gasteiger partial charge in [-0.2, -0.15) is 0 Å². The summed E-state index contributed by atoms with van der Waals surface area (Å²) in [5, 5.41) is 6.69. The second-order valence-electron chi connectivity index (χ2n) is 6.06. The van der Waals surface area contributed by atoms with E-state index >= 15 is 0 Å². The van der Waals surface area contributed by atoms with Crippen LogP contribution in [0.3, 0.4) is 0 Å². The lowest BCUT2D eigenvalue weighted by Gasteiger charge is -2.42. The molecule has 0 radical (unpaired) electrons. The molecule has 0 aliphatic carbocycles. The number of carbonyl (C=O) groups excluding carboxylic acids is 2. The molecule has 2 heterocycles. The van der Waals surface area contributed by atoms with E-state index in [4.69, 9.17) is 4.74 Å². The number of esters is 1. The SMILES string of the molecule is COC(=O)CN(c1ccccc1NC=O)N1CCN(c2ccncc2)CC1.Cl. The van der Waals surface area contributed by atoms with Crippen LogP contribution in [0.25, 0.3) is 0 Å². The molecule has 1 saturated heterocycles. The predicted molar refractivity (Wildman–Crippen MR) is 111 cm³/mol. The summed E-state index contributed by atoms with van der Waals surface area (Å²) in [5.41, 5.74) is 2.53. The second kappa shape index (κ2) is 10.5. The van der Waals surface area contributed by atoms with Crippen LogP contribution in [0, 0.1) is 0 Å². The fourth-order valence-corrected chi connectivity index (χ4v) is 3.16. The highest BCUT2D eigenvalue weighted by atomic mass is 35.5. The van der Waals surface area contributed by atoms with Crippen LogP contribution < -0.4 is 15.2 Å². The van der Waals surface area contributed by atoms with Gasteiger partial charge in [0.05, 0.1) is 18.5 Å². The molecule has 1 amide bonds. The van der Waals surface area contributed by atoms with E-state index < -0.39 is 0 Å². The van der Waals surface area contributed by atoms with Gasteiger partial charge in [-0.25, -0.2) is 5.01 Å². The quantitative estimate of drug-likeness (QED) is 0.555. The van der Waals surface area contributed by atoms with Gasteiger partial charge in [0.2, 0.25) is 6.41 Å². The first-order valence-corrected chi connectivity index (χ1v) is 8.76. The highest BCUT2D eigenvalue weighted by Crippen LogP contribution is 2.27. The van der Waals surface area contributed by atoms with Crippen molar-refractivity contribution in [1.82, 2.24) is 9.99 Å². The molecule has 0 bridgehead atoms. The Morgan fingerprint density at radius 2 is 1.86 bits per heavy atom. The number of nitrogens with zero attached hydrogens (tertiary/aromatic N) is 4. The molecule has 1 aliphatic rings. The van der Waals surface area contributed by atoms with Crippen LogP contribution in [0.4, 0.5) is 17.1 Å². The highest BCUT2D eigenvalue weighted by Gasteiger charge is 2.26. The first kappa shape index (κ1) is 21.5. The number of rotatable bonds is 7. The number of halogens is 1. The monoisotopic (exact) mass is 405 g/mol. The van der Waals surface area contributed by atoms with E-state index in [1.54, 1.807) is 18.5 Å². The number of anilines is 3. The largest absolute Gasteiger partial charge is 0.468 e. The van der Waals surface area contributed by atoms with Gasteiger partial charge in [0.25, 0.3) is 0 Å². The van der Waals surface area contributed by atoms with Crippen LogP contribution in [-0.4, -0.2) is 62.2 Å². The van der Waals surface area contributed by atoms with Crippen LogP contribution in [-0.2, 0) is 14.3 Å². The lowest BCUT2D eigenvalue weighted by Crippen LogP contribution is -2.55. The number of para-hydroxylation sites is 2. The molecular weight excluding hydrogens is 382 g/mol. The van der Waals surface area contributed by atoms with E-state index in [0.717, 1.165) is 37.6 Å². The topological polar surface area (TPSA) is 78.0 Å². The molecular formula is C19H24ClN5O3. The number of amides is 1. The van der Waals surface area contributed by atoms with Crippen LogP contribution in [0.2, 0.25) is 0 Å². The molecule has 0 atom stereocenters. The van der Waals surface area contributed by atoms with Crippen molar-refractivity contribution in [2.45, 2.75) is 0 Å². The maximum Gasteiger partial charge on any atom is 0.326 e. The van der Waals surface area contributed by atoms with Gasteiger partial charge < -0.3 is 15.0 Å². The molecule has 2 aromatic rings. The van der Waals surface area contributed by atoms with E-state index in [1.807, 2.05) is 35.3 Å². The Morgan fingerprint density at radius 3 is 2.50 bits per heavy atom. The minimum atomic E-state index is -0.340. The van der Waals surface area contributed by atoms with Gasteiger partial charge in [0, 0.05) is 44.3 Å². The molecule has 1 aromatic heterocycles. The molecule has 150 valence electrons. The van der Waals surface area contributed by atoms with E-state index in [0.29, 0.717) is 12.1 Å². The van der Waals surface area contributed by atoms with Gasteiger partial charge in [0.1, 0.15) is 6.54 Å². The number of aromatic nitrogens is 1. The van der Waals surface area contributed by atoms with Crippen molar-refractivity contribution in [1.29, 1.82) is 0 Å². The van der Waals surface area contributed by atoms with Crippen molar-refractivity contribution in [3.05, 3.63) is 48.8 Å². The number of hydrogen-bond acceptors (Lipinski definition) is 7. The summed E-state index contributed by atoms with van der Waals surface area (Å²) in [6, 6.07) is 11.4. The van der Waals surface area contributed by atoms with Crippen molar-refractivity contribution in [2.24, 2.45) is 0 Å². The molecule has 9 heteroatoms. The molecule has 1 fully saturated rings. The minimum absolute atomic E-state index is 0. The van der Waals surface area contributed by atoms with Crippen LogP contribution in [0.5, 0.6) is 0 Å². The molecule has 1 aromatic carbocycles. The molecule has 28 heavy (non-hydrogen) atoms. The van der Waals surface area contributed by atoms with Crippen molar-refractivity contribution in [3.63, 3.8) is 0 Å². The van der Waals surface area contributed by atoms with Crippen molar-refractivity contribution >= 4 is 41.8 Å². The lowest BCUT2D eigenvalue weighted by molar-refractivity contribution is -0.139. The predicted octanol–water partition coefficient (Wildman–Crippen LogP) is 1.79. The molecule has 8 nitrogen and oxygen atoms in total. The number of hydrazine groups is 1. The third-order valence-corrected chi connectivity index (χ3v) is 4.53. The van der Waals surface area contributed by atoms with E-state index in [1.165, 1.54) is 7.11 Å². The van der Waals surface area contributed by atoms with Crippen molar-refractivity contribution in [3.8, 4) is 0 Å². The number of pyridine rings is 1. The average molecular weight is 406 g/mol. The summed E-state index contributed by atoms with van der Waals surface area (Å²) in [6.45, 7) is 3.16. The fraction of sp³-hybridized carbons (Fsp3) is 0.316. The van der Waals surface area contributed by atoms with Gasteiger partial charge >= 0.3 is 5.97 Å². The maximum atomic E-state index is 12.0. The van der Waals surface area contributed by atoms with Crippen LogP contribution in [0.1, 0.15) is 0 Å². The Morgan fingerprint density at radius 1 is 1.18 bits per heavy atom. The summed E-state index contributed by atoms with van der Waals surface area (Å²) in [4.78, 5) is 29.3. The Bertz CT molecular complexity index is 769. The normalized spacial score (nSPS) is 14.0. The number of methoxy groups -OCH3 is 1. The molecule has 1 aliphatic heterocycles. The Labute approximate surface area is 170 Å². The number of nitrogens with one attached hydrogen (secondary N) is 1. The standard InChI is InChI=1S/C19H23N5O3.ClH/c1-27-19(26)14-24(18-5-3-2-4-17(18)21-15-25)23-12-10-22(11-13-23)16-6-8-20-9-7-16;/h2-9,15H,10-14H2,1H3,(H,21,25);1H. The zero-order valence-electron chi connectivity index (χ0n) is 15.7. The minimum Gasteiger partial charge on any atom is -0.468 e. The molecule has 0 spiro atoms. The van der Waals surface area contributed by atoms with Crippen LogP contribution in [0.15, 0.2) is 48.8 Å². The number of piperazine rings is 1. The summed E-state index contributed by atoms with van der Waals surface area (Å²) in [5.74, 6) is -0.340. The van der Waals surface area contributed by atoms with Crippen LogP contribution >= 0.6 is 12.4 Å². The third kappa shape index (κ3) is 5.11. The van der Waals surface area contributed by atoms with Crippen molar-refractivity contribution in [2.75, 3.05) is 55.1 Å². The molecule has 0 saturated carbocycles.